The number of fused-ring (bicyclic) bond motifs is 1. The van der Waals surface area contributed by atoms with Crippen molar-refractivity contribution in [2.24, 2.45) is 22.7 Å². The van der Waals surface area contributed by atoms with E-state index in [9.17, 15) is 33.0 Å². The fourth-order valence-electron chi connectivity index (χ4n) is 6.98. The Morgan fingerprint density at radius 3 is 2.38 bits per heavy atom. The van der Waals surface area contributed by atoms with Crippen molar-refractivity contribution in [3.63, 3.8) is 0 Å². The summed E-state index contributed by atoms with van der Waals surface area (Å²) in [4.78, 5) is 31.1. The van der Waals surface area contributed by atoms with Crippen molar-refractivity contribution >= 4 is 23.5 Å². The molecule has 0 unspecified atom stereocenters. The molecule has 1 amide bonds. The maximum atomic E-state index is 14.5. The van der Waals surface area contributed by atoms with Gasteiger partial charge in [-0.3, -0.25) is 19.3 Å². The third-order valence-corrected chi connectivity index (χ3v) is 10.0. The topological polar surface area (TPSA) is 109 Å². The highest BCUT2D eigenvalue weighted by molar-refractivity contribution is 6.31. The molecule has 218 valence electrons. The lowest BCUT2D eigenvalue weighted by Gasteiger charge is -2.35. The smallest absolute Gasteiger partial charge is 0.433 e. The number of alkyl halides is 3. The van der Waals surface area contributed by atoms with Gasteiger partial charge in [-0.05, 0) is 74.8 Å². The zero-order valence-electron chi connectivity index (χ0n) is 22.7. The third-order valence-electron chi connectivity index (χ3n) is 9.73. The molecule has 8 nitrogen and oxygen atoms in total. The van der Waals surface area contributed by atoms with Gasteiger partial charge in [-0.2, -0.15) is 18.3 Å². The van der Waals surface area contributed by atoms with Gasteiger partial charge in [0.2, 0.25) is 0 Å². The van der Waals surface area contributed by atoms with Crippen LogP contribution >= 0.6 is 11.6 Å². The Kier molecular flexibility index (Phi) is 7.22. The first-order valence-corrected chi connectivity index (χ1v) is 14.0. The number of rotatable bonds is 7. The third kappa shape index (κ3) is 5.00. The number of carboxylic acids is 1. The van der Waals surface area contributed by atoms with Crippen molar-refractivity contribution in [2.45, 2.75) is 83.7 Å². The molecule has 0 aliphatic heterocycles. The average molecular weight is 583 g/mol. The van der Waals surface area contributed by atoms with Crippen LogP contribution in [0.1, 0.15) is 93.2 Å². The van der Waals surface area contributed by atoms with E-state index in [2.05, 4.69) is 23.9 Å². The van der Waals surface area contributed by atoms with Crippen molar-refractivity contribution in [1.29, 1.82) is 0 Å². The molecule has 3 saturated carbocycles. The molecule has 0 aromatic carbocycles. The van der Waals surface area contributed by atoms with Crippen molar-refractivity contribution in [3.05, 3.63) is 46.5 Å². The van der Waals surface area contributed by atoms with Gasteiger partial charge in [-0.15, -0.1) is 0 Å². The fourth-order valence-corrected chi connectivity index (χ4v) is 7.22. The van der Waals surface area contributed by atoms with E-state index < -0.39 is 46.9 Å². The van der Waals surface area contributed by atoms with E-state index >= 15 is 0 Å². The second-order valence-corrected chi connectivity index (χ2v) is 12.9. The number of carbonyl (C=O) groups is 2. The van der Waals surface area contributed by atoms with E-state index in [1.807, 2.05) is 0 Å². The Bertz CT molecular complexity index is 1290. The van der Waals surface area contributed by atoms with Crippen LogP contribution in [0.3, 0.4) is 0 Å². The highest BCUT2D eigenvalue weighted by Crippen LogP contribution is 2.67. The molecule has 3 aliphatic rings. The zero-order chi connectivity index (χ0) is 29.2. The summed E-state index contributed by atoms with van der Waals surface area (Å²) in [6, 6.07) is 2.13. The van der Waals surface area contributed by atoms with Crippen LogP contribution in [0.4, 0.5) is 13.2 Å². The number of halogens is 4. The van der Waals surface area contributed by atoms with Gasteiger partial charge in [0.25, 0.3) is 5.91 Å². The van der Waals surface area contributed by atoms with Crippen LogP contribution in [0.5, 0.6) is 0 Å². The lowest BCUT2D eigenvalue weighted by atomic mass is 9.74. The van der Waals surface area contributed by atoms with Gasteiger partial charge < -0.3 is 15.1 Å². The van der Waals surface area contributed by atoms with Crippen molar-refractivity contribution in [1.82, 2.24) is 19.7 Å². The van der Waals surface area contributed by atoms with Crippen LogP contribution < -0.4 is 0 Å². The van der Waals surface area contributed by atoms with E-state index in [0.717, 1.165) is 10.9 Å². The molecule has 12 heteroatoms. The van der Waals surface area contributed by atoms with E-state index in [-0.39, 0.29) is 54.4 Å². The van der Waals surface area contributed by atoms with Crippen LogP contribution in [-0.4, -0.2) is 54.3 Å². The molecule has 2 aromatic heterocycles. The summed E-state index contributed by atoms with van der Waals surface area (Å²) in [7, 11) is 0. The zero-order valence-corrected chi connectivity index (χ0v) is 23.4. The monoisotopic (exact) mass is 582 g/mol. The number of aliphatic hydroxyl groups is 1. The average Bonchev–Trinajstić information content (AvgIpc) is 3.31. The maximum Gasteiger partial charge on any atom is 0.433 e. The quantitative estimate of drug-likeness (QED) is 0.429. The Balaban J connectivity index is 1.46. The number of pyridine rings is 1. The second kappa shape index (κ2) is 10.0. The van der Waals surface area contributed by atoms with Crippen molar-refractivity contribution in [3.8, 4) is 0 Å². The number of hydrogen-bond acceptors (Lipinski definition) is 5. The maximum absolute atomic E-state index is 14.5. The molecule has 0 bridgehead atoms. The first-order valence-electron chi connectivity index (χ1n) is 13.6. The van der Waals surface area contributed by atoms with Crippen molar-refractivity contribution in [2.75, 3.05) is 6.54 Å². The number of hydrogen-bond donors (Lipinski definition) is 2. The summed E-state index contributed by atoms with van der Waals surface area (Å²) in [6.45, 7) is 5.64. The highest BCUT2D eigenvalue weighted by Gasteiger charge is 2.63. The normalized spacial score (nSPS) is 30.0. The Labute approximate surface area is 235 Å². The van der Waals surface area contributed by atoms with Gasteiger partial charge >= 0.3 is 12.1 Å². The molecule has 2 heterocycles. The molecule has 2 aromatic rings. The summed E-state index contributed by atoms with van der Waals surface area (Å²) in [5.41, 5.74) is -2.43. The van der Waals surface area contributed by atoms with Crippen LogP contribution in [0.15, 0.2) is 24.5 Å². The summed E-state index contributed by atoms with van der Waals surface area (Å²) in [5, 5.41) is 24.8. The predicted octanol–water partition coefficient (Wildman–Crippen LogP) is 5.77. The fraction of sp³-hybridized carbons (Fsp3) is 0.643. The number of carboxylic acid groups (broad SMARTS) is 1. The number of carbonyl (C=O) groups excluding carboxylic acids is 1. The predicted molar refractivity (Wildman–Crippen MR) is 140 cm³/mol. The van der Waals surface area contributed by atoms with E-state index in [4.69, 9.17) is 11.6 Å². The second-order valence-electron chi connectivity index (χ2n) is 12.4. The molecular weight excluding hydrogens is 549 g/mol. The Hall–Kier alpha value is -2.66. The minimum absolute atomic E-state index is 0.127. The lowest BCUT2D eigenvalue weighted by molar-refractivity contribution is -0.152. The molecule has 0 saturated heterocycles. The van der Waals surface area contributed by atoms with Gasteiger partial charge in [-0.25, -0.2) is 0 Å². The number of aromatic nitrogens is 3. The molecule has 3 aliphatic carbocycles. The van der Waals surface area contributed by atoms with Crippen LogP contribution in [-0.2, 0) is 11.0 Å². The molecule has 4 atom stereocenters. The molecule has 3 fully saturated rings. The van der Waals surface area contributed by atoms with Crippen LogP contribution in [0.2, 0.25) is 5.02 Å². The van der Waals surface area contributed by atoms with Gasteiger partial charge in [0.05, 0.1) is 40.5 Å². The van der Waals surface area contributed by atoms with Crippen molar-refractivity contribution < 1.29 is 33.0 Å². The SMILES string of the molecule is CC1(C)[C@@H]2C[C@H](N(C[C@@H](O)c3ncccc3Cl)C(=O)c3cnn([C@H]4CC[C@](C)(C(=O)O)CC4)c3C(F)(F)F)C[C@@H]21. The Morgan fingerprint density at radius 1 is 1.20 bits per heavy atom. The molecule has 40 heavy (non-hydrogen) atoms. The Morgan fingerprint density at radius 2 is 1.82 bits per heavy atom. The van der Waals surface area contributed by atoms with Gasteiger partial charge in [-0.1, -0.05) is 25.4 Å². The first-order chi connectivity index (χ1) is 18.6. The summed E-state index contributed by atoms with van der Waals surface area (Å²) < 4.78 is 44.4. The molecule has 0 spiro atoms. The minimum atomic E-state index is -4.87. The summed E-state index contributed by atoms with van der Waals surface area (Å²) in [5.74, 6) is -1.10. The lowest BCUT2D eigenvalue weighted by Crippen LogP contribution is -2.43. The molecule has 2 N–H and O–H groups in total. The highest BCUT2D eigenvalue weighted by atomic mass is 35.5. The standard InChI is InChI=1S/C28H34ClF3N4O4/c1-26(2)18-11-16(12-19(18)26)35(14-21(37)22-20(29)5-4-10-33-22)24(38)17-13-34-36(23(17)28(30,31)32)15-6-8-27(3,9-7-15)25(39)40/h4-5,10,13,15-16,18-19,21,37H,6-9,11-12,14H2,1-3H3,(H,39,40)/t15-,16-,18+,19-,21-,27-/m1/s1. The summed E-state index contributed by atoms with van der Waals surface area (Å²) in [6.07, 6.45) is -1.67. The van der Waals surface area contributed by atoms with Gasteiger partial charge in [0.15, 0.2) is 5.69 Å². The van der Waals surface area contributed by atoms with Crippen LogP contribution in [0, 0.1) is 22.7 Å². The number of aliphatic carboxylic acids is 1. The largest absolute Gasteiger partial charge is 0.481 e. The first kappa shape index (κ1) is 28.9. The molecular formula is C28H34ClF3N4O4. The van der Waals surface area contributed by atoms with E-state index in [1.54, 1.807) is 19.1 Å². The molecule has 0 radical (unpaired) electrons. The number of amides is 1. The number of aliphatic hydroxyl groups excluding tert-OH is 1. The summed E-state index contributed by atoms with van der Waals surface area (Å²) >= 11 is 6.22. The van der Waals surface area contributed by atoms with Gasteiger partial charge in [0.1, 0.15) is 6.10 Å². The van der Waals surface area contributed by atoms with Gasteiger partial charge in [0, 0.05) is 12.2 Å². The minimum Gasteiger partial charge on any atom is -0.481 e. The number of nitrogens with zero attached hydrogens (tertiary/aromatic N) is 4. The van der Waals surface area contributed by atoms with Crippen LogP contribution in [0.25, 0.3) is 0 Å². The van der Waals surface area contributed by atoms with E-state index in [1.165, 1.54) is 11.1 Å². The molecule has 5 rings (SSSR count). The van der Waals surface area contributed by atoms with E-state index in [0.29, 0.717) is 24.7 Å².